The molecule has 0 unspecified atom stereocenters. The van der Waals surface area contributed by atoms with Crippen LogP contribution in [0.3, 0.4) is 0 Å². The molecule has 0 aromatic carbocycles. The molecule has 0 aliphatic carbocycles. The van der Waals surface area contributed by atoms with Gasteiger partial charge in [-0.15, -0.1) is 0 Å². The first-order valence-corrected chi connectivity index (χ1v) is 5.73. The molecule has 84 valence electrons. The largest absolute Gasteiger partial charge is 0.372 e. The third-order valence-corrected chi connectivity index (χ3v) is 2.33. The molecule has 0 fully saturated rings. The van der Waals surface area contributed by atoms with Gasteiger partial charge in [-0.2, -0.15) is 0 Å². The lowest BCUT2D eigenvalue weighted by atomic mass is 10.2. The molecule has 0 amide bonds. The van der Waals surface area contributed by atoms with E-state index in [0.29, 0.717) is 4.77 Å². The van der Waals surface area contributed by atoms with Gasteiger partial charge in [0.2, 0.25) is 0 Å². The molecule has 1 heterocycles. The molecule has 1 aromatic heterocycles. The van der Waals surface area contributed by atoms with E-state index in [1.54, 1.807) is 6.20 Å². The van der Waals surface area contributed by atoms with E-state index in [2.05, 4.69) is 15.3 Å². The molecule has 0 saturated heterocycles. The highest BCUT2D eigenvalue weighted by molar-refractivity contribution is 7.71. The van der Waals surface area contributed by atoms with Crippen molar-refractivity contribution >= 4 is 18.0 Å². The summed E-state index contributed by atoms with van der Waals surface area (Å²) >= 11 is 4.92. The number of nitrogens with two attached hydrogens (primary N) is 1. The number of hydrogen-bond acceptors (Lipinski definition) is 4. The Balaban J connectivity index is 2.12. The summed E-state index contributed by atoms with van der Waals surface area (Å²) in [6.07, 6.45) is 6.41. The maximum Gasteiger partial charge on any atom is 0.198 e. The van der Waals surface area contributed by atoms with Crippen molar-refractivity contribution in [1.29, 1.82) is 0 Å². The van der Waals surface area contributed by atoms with Gasteiger partial charge in [-0.1, -0.05) is 12.8 Å². The van der Waals surface area contributed by atoms with Gasteiger partial charge in [0.25, 0.3) is 0 Å². The summed E-state index contributed by atoms with van der Waals surface area (Å²) in [5.74, 6) is 0.939. The summed E-state index contributed by atoms with van der Waals surface area (Å²) in [5.41, 5.74) is 5.41. The molecule has 1 rings (SSSR count). The van der Waals surface area contributed by atoms with Crippen molar-refractivity contribution < 1.29 is 0 Å². The van der Waals surface area contributed by atoms with E-state index in [1.807, 2.05) is 6.07 Å². The van der Waals surface area contributed by atoms with Crippen LogP contribution in [0.15, 0.2) is 12.3 Å². The van der Waals surface area contributed by atoms with Gasteiger partial charge >= 0.3 is 0 Å². The Kier molecular flexibility index (Phi) is 5.96. The van der Waals surface area contributed by atoms with Crippen LogP contribution in [-0.4, -0.2) is 23.1 Å². The molecule has 5 heteroatoms. The van der Waals surface area contributed by atoms with E-state index in [9.17, 15) is 0 Å². The highest BCUT2D eigenvalue weighted by atomic mass is 32.1. The molecule has 0 bridgehead atoms. The first kappa shape index (κ1) is 12.1. The van der Waals surface area contributed by atoms with Gasteiger partial charge < -0.3 is 16.0 Å². The number of aromatic amines is 1. The second-order valence-electron chi connectivity index (χ2n) is 3.42. The minimum absolute atomic E-state index is 0.517. The van der Waals surface area contributed by atoms with Crippen molar-refractivity contribution in [2.24, 2.45) is 5.73 Å². The minimum Gasteiger partial charge on any atom is -0.372 e. The summed E-state index contributed by atoms with van der Waals surface area (Å²) in [4.78, 5) is 6.90. The fourth-order valence-corrected chi connectivity index (χ4v) is 1.49. The van der Waals surface area contributed by atoms with Gasteiger partial charge in [0.15, 0.2) is 4.77 Å². The van der Waals surface area contributed by atoms with E-state index < -0.39 is 0 Å². The topological polar surface area (TPSA) is 66.7 Å². The molecule has 4 N–H and O–H groups in total. The molecule has 1 aromatic rings. The first-order chi connectivity index (χ1) is 7.33. The van der Waals surface area contributed by atoms with Crippen LogP contribution in [0.25, 0.3) is 0 Å². The molecule has 0 radical (unpaired) electrons. The zero-order valence-electron chi connectivity index (χ0n) is 8.83. The summed E-state index contributed by atoms with van der Waals surface area (Å²) in [6.45, 7) is 1.75. The summed E-state index contributed by atoms with van der Waals surface area (Å²) < 4.78 is 0.517. The highest BCUT2D eigenvalue weighted by Crippen LogP contribution is 2.02. The van der Waals surface area contributed by atoms with Gasteiger partial charge in [-0.3, -0.25) is 0 Å². The maximum atomic E-state index is 5.41. The number of nitrogens with zero attached hydrogens (tertiary/aromatic N) is 1. The van der Waals surface area contributed by atoms with E-state index in [4.69, 9.17) is 18.0 Å². The van der Waals surface area contributed by atoms with Crippen molar-refractivity contribution in [2.45, 2.75) is 25.7 Å². The van der Waals surface area contributed by atoms with Crippen molar-refractivity contribution in [3.63, 3.8) is 0 Å². The van der Waals surface area contributed by atoms with Crippen LogP contribution < -0.4 is 11.1 Å². The SMILES string of the molecule is NCCCCCCNc1ccnc(=S)[nH]1. The smallest absolute Gasteiger partial charge is 0.198 e. The van der Waals surface area contributed by atoms with Crippen LogP contribution >= 0.6 is 12.2 Å². The molecule has 0 saturated carbocycles. The molecular weight excluding hydrogens is 208 g/mol. The van der Waals surface area contributed by atoms with Gasteiger partial charge in [-0.25, -0.2) is 4.98 Å². The van der Waals surface area contributed by atoms with Gasteiger partial charge in [0, 0.05) is 12.7 Å². The number of unbranched alkanes of at least 4 members (excludes halogenated alkanes) is 3. The fraction of sp³-hybridized carbons (Fsp3) is 0.600. The second kappa shape index (κ2) is 7.36. The van der Waals surface area contributed by atoms with E-state index in [-0.39, 0.29) is 0 Å². The van der Waals surface area contributed by atoms with Gasteiger partial charge in [0.1, 0.15) is 5.82 Å². The average molecular weight is 226 g/mol. The average Bonchev–Trinajstić information content (AvgIpc) is 2.23. The highest BCUT2D eigenvalue weighted by Gasteiger charge is 1.91. The number of anilines is 1. The molecule has 4 nitrogen and oxygen atoms in total. The zero-order valence-corrected chi connectivity index (χ0v) is 9.65. The predicted molar refractivity (Wildman–Crippen MR) is 65.4 cm³/mol. The van der Waals surface area contributed by atoms with E-state index in [0.717, 1.165) is 31.7 Å². The first-order valence-electron chi connectivity index (χ1n) is 5.32. The standard InChI is InChI=1S/C10H18N4S/c11-6-3-1-2-4-7-12-9-5-8-13-10(15)14-9/h5,8H,1-4,6-7,11H2,(H2,12,13,14,15). The van der Waals surface area contributed by atoms with Crippen LogP contribution in [0.5, 0.6) is 0 Å². The Hall–Kier alpha value is -0.940. The van der Waals surface area contributed by atoms with Crippen LogP contribution in [0.1, 0.15) is 25.7 Å². The Morgan fingerprint density at radius 3 is 2.87 bits per heavy atom. The summed E-state index contributed by atoms with van der Waals surface area (Å²) in [7, 11) is 0. The van der Waals surface area contributed by atoms with Crippen molar-refractivity contribution in [3.8, 4) is 0 Å². The van der Waals surface area contributed by atoms with E-state index in [1.165, 1.54) is 12.8 Å². The molecule has 0 aliphatic rings. The lowest BCUT2D eigenvalue weighted by Gasteiger charge is -2.05. The molecule has 0 spiro atoms. The van der Waals surface area contributed by atoms with Gasteiger partial charge in [-0.05, 0) is 37.7 Å². The third-order valence-electron chi connectivity index (χ3n) is 2.12. The lowest BCUT2D eigenvalue weighted by Crippen LogP contribution is -2.04. The lowest BCUT2D eigenvalue weighted by molar-refractivity contribution is 0.661. The fourth-order valence-electron chi connectivity index (χ4n) is 1.32. The number of H-pyrrole nitrogens is 1. The molecular formula is C10H18N4S. The molecule has 0 atom stereocenters. The molecule has 15 heavy (non-hydrogen) atoms. The normalized spacial score (nSPS) is 10.2. The van der Waals surface area contributed by atoms with Crippen molar-refractivity contribution in [1.82, 2.24) is 9.97 Å². The second-order valence-corrected chi connectivity index (χ2v) is 3.81. The minimum atomic E-state index is 0.517. The predicted octanol–water partition coefficient (Wildman–Crippen LogP) is 2.07. The Morgan fingerprint density at radius 2 is 2.13 bits per heavy atom. The van der Waals surface area contributed by atoms with Crippen LogP contribution in [0.2, 0.25) is 0 Å². The third kappa shape index (κ3) is 5.49. The summed E-state index contributed by atoms with van der Waals surface area (Å²) in [6, 6.07) is 1.88. The van der Waals surface area contributed by atoms with Crippen LogP contribution in [0, 0.1) is 4.77 Å². The number of aromatic nitrogens is 2. The number of nitrogens with one attached hydrogen (secondary N) is 2. The number of hydrogen-bond donors (Lipinski definition) is 3. The van der Waals surface area contributed by atoms with Crippen molar-refractivity contribution in [2.75, 3.05) is 18.4 Å². The Labute approximate surface area is 95.3 Å². The number of rotatable bonds is 7. The van der Waals surface area contributed by atoms with E-state index >= 15 is 0 Å². The van der Waals surface area contributed by atoms with Crippen LogP contribution in [0.4, 0.5) is 5.82 Å². The Bertz CT molecular complexity index is 323. The zero-order chi connectivity index (χ0) is 10.9. The van der Waals surface area contributed by atoms with Gasteiger partial charge in [0.05, 0.1) is 0 Å². The maximum absolute atomic E-state index is 5.41. The van der Waals surface area contributed by atoms with Crippen LogP contribution in [-0.2, 0) is 0 Å². The Morgan fingerprint density at radius 1 is 1.33 bits per heavy atom. The van der Waals surface area contributed by atoms with Crippen molar-refractivity contribution in [3.05, 3.63) is 17.0 Å². The summed E-state index contributed by atoms with van der Waals surface area (Å²) in [5, 5.41) is 3.27. The monoisotopic (exact) mass is 226 g/mol. The molecule has 0 aliphatic heterocycles. The quantitative estimate of drug-likeness (QED) is 0.492.